The summed E-state index contributed by atoms with van der Waals surface area (Å²) in [5, 5.41) is 2.48. The summed E-state index contributed by atoms with van der Waals surface area (Å²) >= 11 is 0. The van der Waals surface area contributed by atoms with Gasteiger partial charge < -0.3 is 9.64 Å². The van der Waals surface area contributed by atoms with E-state index in [1.165, 1.54) is 55.3 Å². The van der Waals surface area contributed by atoms with Gasteiger partial charge in [-0.3, -0.25) is 0 Å². The Balaban J connectivity index is 1.08. The normalized spacial score (nSPS) is 13.0. The van der Waals surface area contributed by atoms with Crippen LogP contribution in [0.2, 0.25) is 0 Å². The Hall–Kier alpha value is -7.16. The molecule has 0 aromatic heterocycles. The van der Waals surface area contributed by atoms with E-state index in [0.717, 1.165) is 50.8 Å². The van der Waals surface area contributed by atoms with Crippen molar-refractivity contribution < 1.29 is 4.74 Å². The van der Waals surface area contributed by atoms with E-state index < -0.39 is 0 Å². The molecule has 0 saturated carbocycles. The van der Waals surface area contributed by atoms with Crippen LogP contribution in [0, 0.1) is 0 Å². The molecule has 0 spiro atoms. The van der Waals surface area contributed by atoms with Crippen LogP contribution in [0.15, 0.2) is 200 Å². The molecule has 1 heterocycles. The van der Waals surface area contributed by atoms with Gasteiger partial charge in [0.05, 0.1) is 0 Å². The lowest BCUT2D eigenvalue weighted by Gasteiger charge is -2.29. The maximum absolute atomic E-state index is 6.95. The average Bonchev–Trinajstić information content (AvgIpc) is 3.39. The highest BCUT2D eigenvalue weighted by Crippen LogP contribution is 2.53. The number of nitrogens with zero attached hydrogens (tertiary/aromatic N) is 1. The third kappa shape index (κ3) is 5.48. The molecule has 0 atom stereocenters. The maximum atomic E-state index is 6.95. The summed E-state index contributed by atoms with van der Waals surface area (Å²) < 4.78 is 6.95. The average molecular weight is 730 g/mol. The zero-order chi connectivity index (χ0) is 38.1. The summed E-state index contributed by atoms with van der Waals surface area (Å²) in [4.78, 5) is 2.38. The Morgan fingerprint density at radius 1 is 0.333 bits per heavy atom. The predicted octanol–water partition coefficient (Wildman–Crippen LogP) is 15.4. The van der Waals surface area contributed by atoms with Crippen LogP contribution < -0.4 is 9.64 Å². The van der Waals surface area contributed by atoms with Gasteiger partial charge in [0, 0.05) is 39.7 Å². The zero-order valence-electron chi connectivity index (χ0n) is 31.9. The van der Waals surface area contributed by atoms with Crippen molar-refractivity contribution in [3.63, 3.8) is 0 Å². The van der Waals surface area contributed by atoms with Gasteiger partial charge in [0.15, 0.2) is 0 Å². The molecule has 270 valence electrons. The van der Waals surface area contributed by atoms with Crippen molar-refractivity contribution in [3.05, 3.63) is 211 Å². The fourth-order valence-electron chi connectivity index (χ4n) is 9.12. The molecule has 0 fully saturated rings. The molecular weight excluding hydrogens is 691 g/mol. The Morgan fingerprint density at radius 3 is 1.74 bits per heavy atom. The van der Waals surface area contributed by atoms with E-state index >= 15 is 0 Å². The highest BCUT2D eigenvalue weighted by atomic mass is 16.5. The largest absolute Gasteiger partial charge is 0.456 e. The van der Waals surface area contributed by atoms with Gasteiger partial charge in [-0.1, -0.05) is 153 Å². The van der Waals surface area contributed by atoms with Gasteiger partial charge in [-0.15, -0.1) is 0 Å². The molecule has 57 heavy (non-hydrogen) atoms. The third-order valence-corrected chi connectivity index (χ3v) is 12.1. The summed E-state index contributed by atoms with van der Waals surface area (Å²) in [5.74, 6) is 1.68. The molecular formula is C55H39NO. The monoisotopic (exact) mass is 729 g/mol. The first-order valence-electron chi connectivity index (χ1n) is 19.7. The molecule has 0 amide bonds. The van der Waals surface area contributed by atoms with Gasteiger partial charge in [-0.2, -0.15) is 0 Å². The van der Waals surface area contributed by atoms with E-state index in [1.54, 1.807) is 0 Å². The topological polar surface area (TPSA) is 12.5 Å². The number of anilines is 3. The second-order valence-electron chi connectivity index (χ2n) is 15.7. The van der Waals surface area contributed by atoms with E-state index in [-0.39, 0.29) is 5.41 Å². The third-order valence-electron chi connectivity index (χ3n) is 12.1. The van der Waals surface area contributed by atoms with Crippen molar-refractivity contribution in [2.75, 3.05) is 4.90 Å². The summed E-state index contributed by atoms with van der Waals surface area (Å²) in [6.07, 6.45) is 0. The van der Waals surface area contributed by atoms with Crippen LogP contribution in [0.4, 0.5) is 17.1 Å². The van der Waals surface area contributed by atoms with Gasteiger partial charge in [0.25, 0.3) is 0 Å². The van der Waals surface area contributed by atoms with E-state index in [9.17, 15) is 0 Å². The first-order valence-corrected chi connectivity index (χ1v) is 19.7. The molecule has 2 heteroatoms. The minimum atomic E-state index is -0.127. The van der Waals surface area contributed by atoms with Crippen molar-refractivity contribution in [2.24, 2.45) is 0 Å². The van der Waals surface area contributed by atoms with Crippen LogP contribution in [-0.2, 0) is 5.41 Å². The van der Waals surface area contributed by atoms with Crippen molar-refractivity contribution in [3.8, 4) is 67.1 Å². The smallest absolute Gasteiger partial charge is 0.137 e. The molecule has 1 aliphatic carbocycles. The van der Waals surface area contributed by atoms with Crippen molar-refractivity contribution in [2.45, 2.75) is 19.3 Å². The fraction of sp³-hybridized carbons (Fsp3) is 0.0545. The lowest BCUT2D eigenvalue weighted by Crippen LogP contribution is -2.16. The van der Waals surface area contributed by atoms with E-state index in [0.29, 0.717) is 0 Å². The molecule has 1 aliphatic heterocycles. The van der Waals surface area contributed by atoms with Gasteiger partial charge >= 0.3 is 0 Å². The standard InChI is InChI=1S/C55H39NO/c1-55(2)51-18-10-8-16-46(51)47-30-27-43(34-52(47)55)56(42-25-22-38(23-26-42)36-12-4-3-5-13-36)44-28-31-49-50-33-41(40-21-20-37-14-6-7-15-39(37)32-40)24-29-45(50)48-17-9-11-19-53(48)57-54(49)35-44/h3-35H,1-2H3. The van der Waals surface area contributed by atoms with Crippen molar-refractivity contribution >= 4 is 27.8 Å². The SMILES string of the molecule is CC1(C)c2ccccc2-c2ccc(N(c3ccc(-c4ccccc4)cc3)c3ccc4c(c3)Oc3ccccc3-c3ccc(-c5ccc6ccccc6c5)cc3-4)cc21. The molecule has 11 rings (SSSR count). The van der Waals surface area contributed by atoms with E-state index in [2.05, 4.69) is 219 Å². The maximum Gasteiger partial charge on any atom is 0.137 e. The first kappa shape index (κ1) is 33.2. The van der Waals surface area contributed by atoms with Crippen molar-refractivity contribution in [1.29, 1.82) is 0 Å². The van der Waals surface area contributed by atoms with Crippen LogP contribution >= 0.6 is 0 Å². The number of hydrogen-bond donors (Lipinski definition) is 0. The van der Waals surface area contributed by atoms with Crippen LogP contribution in [-0.4, -0.2) is 0 Å². The van der Waals surface area contributed by atoms with Gasteiger partial charge in [-0.25, -0.2) is 0 Å². The molecule has 0 N–H and O–H groups in total. The lowest BCUT2D eigenvalue weighted by molar-refractivity contribution is 0.488. The molecule has 0 radical (unpaired) electrons. The minimum absolute atomic E-state index is 0.127. The Kier molecular flexibility index (Phi) is 7.55. The van der Waals surface area contributed by atoms with E-state index in [1.807, 2.05) is 0 Å². The Labute approximate surface area is 333 Å². The number of para-hydroxylation sites is 1. The van der Waals surface area contributed by atoms with Crippen LogP contribution in [0.1, 0.15) is 25.0 Å². The van der Waals surface area contributed by atoms with Crippen molar-refractivity contribution in [1.82, 2.24) is 0 Å². The number of ether oxygens (including phenoxy) is 1. The van der Waals surface area contributed by atoms with E-state index in [4.69, 9.17) is 4.74 Å². The summed E-state index contributed by atoms with van der Waals surface area (Å²) in [6.45, 7) is 4.69. The second-order valence-corrected chi connectivity index (χ2v) is 15.7. The highest BCUT2D eigenvalue weighted by Gasteiger charge is 2.36. The number of hydrogen-bond acceptors (Lipinski definition) is 2. The highest BCUT2D eigenvalue weighted by molar-refractivity contribution is 5.96. The zero-order valence-corrected chi connectivity index (χ0v) is 31.9. The molecule has 0 unspecified atom stereocenters. The molecule has 9 aromatic rings. The molecule has 0 bridgehead atoms. The summed E-state index contributed by atoms with van der Waals surface area (Å²) in [7, 11) is 0. The van der Waals surface area contributed by atoms with Gasteiger partial charge in [0.1, 0.15) is 11.5 Å². The molecule has 2 nitrogen and oxygen atoms in total. The summed E-state index contributed by atoms with van der Waals surface area (Å²) in [6, 6.07) is 72.6. The van der Waals surface area contributed by atoms with Crippen LogP contribution in [0.5, 0.6) is 11.5 Å². The molecule has 2 aliphatic rings. The predicted molar refractivity (Wildman–Crippen MR) is 238 cm³/mol. The molecule has 0 saturated heterocycles. The van der Waals surface area contributed by atoms with Crippen LogP contribution in [0.3, 0.4) is 0 Å². The fourth-order valence-corrected chi connectivity index (χ4v) is 9.12. The quantitative estimate of drug-likeness (QED) is 0.175. The second kappa shape index (κ2) is 13.0. The van der Waals surface area contributed by atoms with Gasteiger partial charge in [0.2, 0.25) is 0 Å². The van der Waals surface area contributed by atoms with Gasteiger partial charge in [-0.05, 0) is 121 Å². The number of benzene rings is 9. The Bertz CT molecular complexity index is 3010. The van der Waals surface area contributed by atoms with Crippen LogP contribution in [0.25, 0.3) is 66.4 Å². The molecule has 9 aromatic carbocycles. The number of fused-ring (bicyclic) bond motifs is 9. The Morgan fingerprint density at radius 2 is 0.895 bits per heavy atom. The summed E-state index contributed by atoms with van der Waals surface area (Å²) in [5.41, 5.74) is 17.6. The number of rotatable bonds is 5. The minimum Gasteiger partial charge on any atom is -0.456 e. The first-order chi connectivity index (χ1) is 28.0. The lowest BCUT2D eigenvalue weighted by atomic mass is 9.82.